The number of methoxy groups -OCH3 is 1. The minimum atomic E-state index is -0.109. The second kappa shape index (κ2) is 9.80. The van der Waals surface area contributed by atoms with Crippen molar-refractivity contribution < 1.29 is 14.3 Å². The quantitative estimate of drug-likeness (QED) is 0.680. The lowest BCUT2D eigenvalue weighted by Gasteiger charge is -2.06. The summed E-state index contributed by atoms with van der Waals surface area (Å²) in [5.74, 6) is 0.737. The van der Waals surface area contributed by atoms with E-state index in [-0.39, 0.29) is 11.8 Å². The monoisotopic (exact) mass is 292 g/mol. The van der Waals surface area contributed by atoms with E-state index in [2.05, 4.69) is 22.8 Å². The molecule has 2 N–H and O–H groups in total. The zero-order chi connectivity index (χ0) is 15.5. The highest BCUT2D eigenvalue weighted by Gasteiger charge is 2.01. The van der Waals surface area contributed by atoms with Gasteiger partial charge in [-0.25, -0.2) is 0 Å². The first kappa shape index (κ1) is 17.0. The van der Waals surface area contributed by atoms with Crippen molar-refractivity contribution in [1.29, 1.82) is 0 Å². The van der Waals surface area contributed by atoms with Crippen LogP contribution in [0.2, 0.25) is 0 Å². The van der Waals surface area contributed by atoms with E-state index in [0.29, 0.717) is 19.5 Å². The third-order valence-electron chi connectivity index (χ3n) is 3.10. The molecule has 0 fully saturated rings. The first-order valence-electron chi connectivity index (χ1n) is 7.26. The molecule has 21 heavy (non-hydrogen) atoms. The number of nitrogens with one attached hydrogen (secondary N) is 2. The van der Waals surface area contributed by atoms with E-state index in [0.717, 1.165) is 25.0 Å². The van der Waals surface area contributed by atoms with Crippen LogP contribution < -0.4 is 15.4 Å². The number of hydrogen-bond acceptors (Lipinski definition) is 3. The minimum absolute atomic E-state index is 0.0202. The predicted molar refractivity (Wildman–Crippen MR) is 82.2 cm³/mol. The van der Waals surface area contributed by atoms with Crippen LogP contribution in [-0.4, -0.2) is 32.0 Å². The van der Waals surface area contributed by atoms with Gasteiger partial charge < -0.3 is 15.4 Å². The zero-order valence-corrected chi connectivity index (χ0v) is 12.8. The van der Waals surface area contributed by atoms with Crippen molar-refractivity contribution in [2.24, 2.45) is 0 Å². The third-order valence-corrected chi connectivity index (χ3v) is 3.10. The number of carbonyl (C=O) groups is 2. The predicted octanol–water partition coefficient (Wildman–Crippen LogP) is 1.66. The van der Waals surface area contributed by atoms with Crippen molar-refractivity contribution in [1.82, 2.24) is 10.6 Å². The van der Waals surface area contributed by atoms with E-state index in [1.165, 1.54) is 12.5 Å². The second-order valence-corrected chi connectivity index (χ2v) is 4.89. The average molecular weight is 292 g/mol. The van der Waals surface area contributed by atoms with Crippen LogP contribution in [0.1, 0.15) is 31.7 Å². The molecule has 0 spiro atoms. The van der Waals surface area contributed by atoms with E-state index >= 15 is 0 Å². The number of ether oxygens (including phenoxy) is 1. The fraction of sp³-hybridized carbons (Fsp3) is 0.500. The molecule has 1 aromatic carbocycles. The summed E-state index contributed by atoms with van der Waals surface area (Å²) < 4.78 is 5.11. The number of aryl methyl sites for hydroxylation is 1. The molecule has 1 rings (SSSR count). The van der Waals surface area contributed by atoms with Crippen molar-refractivity contribution >= 4 is 11.8 Å². The topological polar surface area (TPSA) is 67.4 Å². The van der Waals surface area contributed by atoms with Gasteiger partial charge in [-0.1, -0.05) is 12.1 Å². The number of benzene rings is 1. The molecule has 0 aliphatic carbocycles. The van der Waals surface area contributed by atoms with Crippen LogP contribution in [0.5, 0.6) is 5.75 Å². The van der Waals surface area contributed by atoms with E-state index < -0.39 is 0 Å². The average Bonchev–Trinajstić information content (AvgIpc) is 2.47. The Kier molecular flexibility index (Phi) is 7.94. The van der Waals surface area contributed by atoms with E-state index in [4.69, 9.17) is 4.74 Å². The van der Waals surface area contributed by atoms with E-state index in [1.54, 1.807) is 7.11 Å². The maximum Gasteiger partial charge on any atom is 0.221 e. The Labute approximate surface area is 126 Å². The largest absolute Gasteiger partial charge is 0.497 e. The number of carbonyl (C=O) groups excluding carboxylic acids is 2. The molecule has 116 valence electrons. The standard InChI is InChI=1S/C16H24N2O3/c1-13(19)17-12-10-16(20)18-11-4-3-5-14-6-8-15(21-2)9-7-14/h6-9H,3-5,10-12H2,1-2H3,(H,17,19)(H,18,20). The normalized spacial score (nSPS) is 10.0. The van der Waals surface area contributed by atoms with Gasteiger partial charge in [0, 0.05) is 26.4 Å². The molecule has 0 unspecified atom stereocenters. The Morgan fingerprint density at radius 1 is 1.05 bits per heavy atom. The molecule has 0 saturated carbocycles. The van der Waals surface area contributed by atoms with Crippen LogP contribution in [0.25, 0.3) is 0 Å². The van der Waals surface area contributed by atoms with Crippen molar-refractivity contribution in [2.45, 2.75) is 32.6 Å². The summed E-state index contributed by atoms with van der Waals surface area (Å²) in [5.41, 5.74) is 1.27. The lowest BCUT2D eigenvalue weighted by molar-refractivity contribution is -0.121. The molecule has 0 aliphatic rings. The van der Waals surface area contributed by atoms with E-state index in [9.17, 15) is 9.59 Å². The first-order valence-corrected chi connectivity index (χ1v) is 7.26. The summed E-state index contributed by atoms with van der Waals surface area (Å²) in [7, 11) is 1.66. The second-order valence-electron chi connectivity index (χ2n) is 4.89. The molecule has 0 bridgehead atoms. The number of unbranched alkanes of at least 4 members (excludes halogenated alkanes) is 1. The summed E-state index contributed by atoms with van der Waals surface area (Å²) in [6, 6.07) is 8.04. The highest BCUT2D eigenvalue weighted by atomic mass is 16.5. The van der Waals surface area contributed by atoms with Crippen LogP contribution >= 0.6 is 0 Å². The van der Waals surface area contributed by atoms with Crippen LogP contribution in [0.15, 0.2) is 24.3 Å². The Hall–Kier alpha value is -2.04. The summed E-state index contributed by atoms with van der Waals surface area (Å²) in [4.78, 5) is 22.1. The molecule has 2 amide bonds. The van der Waals surface area contributed by atoms with Crippen molar-refractivity contribution in [3.63, 3.8) is 0 Å². The third kappa shape index (κ3) is 7.97. The van der Waals surface area contributed by atoms with Gasteiger partial charge in [0.1, 0.15) is 5.75 Å². The summed E-state index contributed by atoms with van der Waals surface area (Å²) in [6.45, 7) is 2.51. The number of amides is 2. The van der Waals surface area contributed by atoms with Gasteiger partial charge in [0.15, 0.2) is 0 Å². The molecule has 5 heteroatoms. The molecule has 0 aromatic heterocycles. The zero-order valence-electron chi connectivity index (χ0n) is 12.8. The summed E-state index contributed by atoms with van der Waals surface area (Å²) in [5, 5.41) is 5.45. The van der Waals surface area contributed by atoms with Gasteiger partial charge in [0.2, 0.25) is 11.8 Å². The molecule has 0 radical (unpaired) electrons. The Balaban J connectivity index is 2.05. The Bertz CT molecular complexity index is 443. The van der Waals surface area contributed by atoms with Gasteiger partial charge in [-0.15, -0.1) is 0 Å². The van der Waals surface area contributed by atoms with Gasteiger partial charge in [0.05, 0.1) is 7.11 Å². The van der Waals surface area contributed by atoms with Gasteiger partial charge in [-0.05, 0) is 37.0 Å². The fourth-order valence-electron chi connectivity index (χ4n) is 1.91. The maximum atomic E-state index is 11.5. The lowest BCUT2D eigenvalue weighted by Crippen LogP contribution is -2.30. The molecule has 0 saturated heterocycles. The summed E-state index contributed by atoms with van der Waals surface area (Å²) >= 11 is 0. The molecular formula is C16H24N2O3. The fourth-order valence-corrected chi connectivity index (χ4v) is 1.91. The molecular weight excluding hydrogens is 268 g/mol. The van der Waals surface area contributed by atoms with Crippen molar-refractivity contribution in [3.05, 3.63) is 29.8 Å². The van der Waals surface area contributed by atoms with Gasteiger partial charge in [-0.2, -0.15) is 0 Å². The van der Waals surface area contributed by atoms with Crippen molar-refractivity contribution in [2.75, 3.05) is 20.2 Å². The molecule has 0 heterocycles. The van der Waals surface area contributed by atoms with Crippen LogP contribution in [-0.2, 0) is 16.0 Å². The molecule has 5 nitrogen and oxygen atoms in total. The highest BCUT2D eigenvalue weighted by Crippen LogP contribution is 2.12. The number of rotatable bonds is 9. The molecule has 0 atom stereocenters. The molecule has 0 aliphatic heterocycles. The highest BCUT2D eigenvalue weighted by molar-refractivity contribution is 5.77. The minimum Gasteiger partial charge on any atom is -0.497 e. The van der Waals surface area contributed by atoms with Gasteiger partial charge >= 0.3 is 0 Å². The van der Waals surface area contributed by atoms with Crippen LogP contribution in [0.3, 0.4) is 0 Å². The smallest absolute Gasteiger partial charge is 0.221 e. The Morgan fingerprint density at radius 3 is 2.38 bits per heavy atom. The van der Waals surface area contributed by atoms with Crippen LogP contribution in [0.4, 0.5) is 0 Å². The first-order chi connectivity index (χ1) is 10.1. The number of hydrogen-bond donors (Lipinski definition) is 2. The van der Waals surface area contributed by atoms with Gasteiger partial charge in [0.25, 0.3) is 0 Å². The SMILES string of the molecule is COc1ccc(CCCCNC(=O)CCNC(C)=O)cc1. The Morgan fingerprint density at radius 2 is 1.76 bits per heavy atom. The van der Waals surface area contributed by atoms with E-state index in [1.807, 2.05) is 12.1 Å². The summed E-state index contributed by atoms with van der Waals surface area (Å²) in [6.07, 6.45) is 3.29. The van der Waals surface area contributed by atoms with Crippen molar-refractivity contribution in [3.8, 4) is 5.75 Å². The maximum absolute atomic E-state index is 11.5. The van der Waals surface area contributed by atoms with Gasteiger partial charge in [-0.3, -0.25) is 9.59 Å². The molecule has 1 aromatic rings. The lowest BCUT2D eigenvalue weighted by atomic mass is 10.1. The van der Waals surface area contributed by atoms with Crippen LogP contribution in [0, 0.1) is 0 Å².